The standard InChI is InChI=1S/C12H10N2O2/c13-7-5-12-9(6-10(7)15)14-8-3-1-2-4-11(8)16-12/h1-7,14H,13H2. The van der Waals surface area contributed by atoms with Crippen LogP contribution >= 0.6 is 0 Å². The minimum atomic E-state index is -0.606. The number of benzene rings is 1. The number of fused-ring (bicyclic) bond motifs is 2. The van der Waals surface area contributed by atoms with Crippen LogP contribution in [0.2, 0.25) is 0 Å². The van der Waals surface area contributed by atoms with Gasteiger partial charge in [0.2, 0.25) is 0 Å². The number of nitrogens with two attached hydrogens (primary N) is 1. The number of carbonyl (C=O) groups is 1. The van der Waals surface area contributed by atoms with Gasteiger partial charge in [0.1, 0.15) is 5.76 Å². The molecule has 2 aliphatic rings. The molecule has 1 atom stereocenters. The molecule has 1 aromatic carbocycles. The maximum absolute atomic E-state index is 11.4. The first-order valence-electron chi connectivity index (χ1n) is 5.01. The zero-order chi connectivity index (χ0) is 11.1. The number of anilines is 1. The van der Waals surface area contributed by atoms with Crippen molar-refractivity contribution >= 4 is 11.5 Å². The average Bonchev–Trinajstić information content (AvgIpc) is 2.28. The molecule has 0 radical (unpaired) electrons. The van der Waals surface area contributed by atoms with Gasteiger partial charge in [-0.15, -0.1) is 0 Å². The van der Waals surface area contributed by atoms with Crippen molar-refractivity contribution in [2.24, 2.45) is 5.73 Å². The number of hydrogen-bond acceptors (Lipinski definition) is 4. The molecule has 3 rings (SSSR count). The molecule has 0 amide bonds. The van der Waals surface area contributed by atoms with Gasteiger partial charge in [0.05, 0.1) is 17.4 Å². The molecule has 16 heavy (non-hydrogen) atoms. The highest BCUT2D eigenvalue weighted by Gasteiger charge is 2.25. The lowest BCUT2D eigenvalue weighted by atomic mass is 10.0. The molecule has 1 aliphatic heterocycles. The molecule has 1 aliphatic carbocycles. The van der Waals surface area contributed by atoms with E-state index in [1.165, 1.54) is 6.08 Å². The monoisotopic (exact) mass is 214 g/mol. The third-order valence-electron chi connectivity index (χ3n) is 2.59. The lowest BCUT2D eigenvalue weighted by Gasteiger charge is -2.26. The highest BCUT2D eigenvalue weighted by atomic mass is 16.5. The number of hydrogen-bond donors (Lipinski definition) is 2. The summed E-state index contributed by atoms with van der Waals surface area (Å²) in [7, 11) is 0. The van der Waals surface area contributed by atoms with Crippen molar-refractivity contribution < 1.29 is 9.53 Å². The van der Waals surface area contributed by atoms with Crippen LogP contribution in [0, 0.1) is 0 Å². The van der Waals surface area contributed by atoms with E-state index in [1.54, 1.807) is 6.08 Å². The first-order chi connectivity index (χ1) is 7.74. The van der Waals surface area contributed by atoms with Crippen molar-refractivity contribution in [1.82, 2.24) is 0 Å². The number of carbonyl (C=O) groups excluding carboxylic acids is 1. The van der Waals surface area contributed by atoms with Crippen LogP contribution in [0.3, 0.4) is 0 Å². The molecule has 1 aromatic rings. The number of ketones is 1. The Bertz CT molecular complexity index is 532. The highest BCUT2D eigenvalue weighted by molar-refractivity contribution is 5.99. The van der Waals surface area contributed by atoms with Crippen LogP contribution in [-0.4, -0.2) is 11.8 Å². The first-order valence-corrected chi connectivity index (χ1v) is 5.01. The van der Waals surface area contributed by atoms with Gasteiger partial charge in [0.15, 0.2) is 11.5 Å². The fourth-order valence-electron chi connectivity index (χ4n) is 1.75. The van der Waals surface area contributed by atoms with Gasteiger partial charge in [-0.05, 0) is 18.2 Å². The minimum Gasteiger partial charge on any atom is -0.453 e. The van der Waals surface area contributed by atoms with Crippen molar-refractivity contribution in [2.45, 2.75) is 6.04 Å². The number of para-hydroxylation sites is 2. The molecule has 0 saturated carbocycles. The molecule has 0 bridgehead atoms. The number of nitrogens with one attached hydrogen (secondary N) is 1. The van der Waals surface area contributed by atoms with E-state index >= 15 is 0 Å². The third-order valence-corrected chi connectivity index (χ3v) is 2.59. The molecular weight excluding hydrogens is 204 g/mol. The second kappa shape index (κ2) is 3.21. The van der Waals surface area contributed by atoms with E-state index in [2.05, 4.69) is 5.32 Å². The van der Waals surface area contributed by atoms with Gasteiger partial charge in [-0.3, -0.25) is 4.79 Å². The normalized spacial score (nSPS) is 22.1. The summed E-state index contributed by atoms with van der Waals surface area (Å²) in [6, 6.07) is 6.95. The molecule has 0 spiro atoms. The summed E-state index contributed by atoms with van der Waals surface area (Å²) in [5.74, 6) is 1.24. The van der Waals surface area contributed by atoms with E-state index in [4.69, 9.17) is 10.5 Å². The van der Waals surface area contributed by atoms with Crippen LogP contribution in [0.1, 0.15) is 0 Å². The van der Waals surface area contributed by atoms with E-state index < -0.39 is 6.04 Å². The van der Waals surface area contributed by atoms with E-state index in [1.807, 2.05) is 24.3 Å². The summed E-state index contributed by atoms with van der Waals surface area (Å²) in [4.78, 5) is 11.4. The van der Waals surface area contributed by atoms with Crippen LogP contribution in [0.25, 0.3) is 0 Å². The van der Waals surface area contributed by atoms with E-state index in [9.17, 15) is 4.79 Å². The molecule has 80 valence electrons. The predicted octanol–water partition coefficient (Wildman–Crippen LogP) is 1.17. The Morgan fingerprint density at radius 2 is 2.12 bits per heavy atom. The van der Waals surface area contributed by atoms with Gasteiger partial charge in [-0.25, -0.2) is 0 Å². The lowest BCUT2D eigenvalue weighted by Crippen LogP contribution is -2.33. The Hall–Kier alpha value is -2.07. The fraction of sp³-hybridized carbons (Fsp3) is 0.0833. The summed E-state index contributed by atoms with van der Waals surface area (Å²) < 4.78 is 5.65. The summed E-state index contributed by atoms with van der Waals surface area (Å²) in [6.45, 7) is 0. The van der Waals surface area contributed by atoms with Gasteiger partial charge in [0, 0.05) is 6.08 Å². The van der Waals surface area contributed by atoms with Crippen LogP contribution < -0.4 is 15.8 Å². The zero-order valence-corrected chi connectivity index (χ0v) is 8.44. The maximum atomic E-state index is 11.4. The Labute approximate surface area is 92.4 Å². The smallest absolute Gasteiger partial charge is 0.178 e. The van der Waals surface area contributed by atoms with Crippen molar-refractivity contribution in [1.29, 1.82) is 0 Å². The largest absolute Gasteiger partial charge is 0.453 e. The average molecular weight is 214 g/mol. The Morgan fingerprint density at radius 1 is 1.31 bits per heavy atom. The molecule has 4 heteroatoms. The summed E-state index contributed by atoms with van der Waals surface area (Å²) in [5, 5.41) is 3.14. The Kier molecular flexibility index (Phi) is 1.84. The number of ether oxygens (including phenoxy) is 1. The van der Waals surface area contributed by atoms with Gasteiger partial charge < -0.3 is 15.8 Å². The molecule has 0 aromatic heterocycles. The Balaban J connectivity index is 2.07. The molecular formula is C12H10N2O2. The van der Waals surface area contributed by atoms with Gasteiger partial charge in [0.25, 0.3) is 0 Å². The van der Waals surface area contributed by atoms with Crippen molar-refractivity contribution in [2.75, 3.05) is 5.32 Å². The SMILES string of the molecule is NC1C=C2Oc3ccccc3NC2=CC1=O. The second-order valence-corrected chi connectivity index (χ2v) is 3.74. The van der Waals surface area contributed by atoms with Gasteiger partial charge in [-0.1, -0.05) is 12.1 Å². The molecule has 4 nitrogen and oxygen atoms in total. The van der Waals surface area contributed by atoms with Crippen LogP contribution in [0.15, 0.2) is 47.9 Å². The van der Waals surface area contributed by atoms with Crippen molar-refractivity contribution in [3.05, 3.63) is 47.9 Å². The molecule has 3 N–H and O–H groups in total. The summed E-state index contributed by atoms with van der Waals surface area (Å²) >= 11 is 0. The van der Waals surface area contributed by atoms with Crippen molar-refractivity contribution in [3.63, 3.8) is 0 Å². The lowest BCUT2D eigenvalue weighted by molar-refractivity contribution is -0.115. The molecule has 0 fully saturated rings. The summed E-state index contributed by atoms with van der Waals surface area (Å²) in [5.41, 5.74) is 7.15. The Morgan fingerprint density at radius 3 is 3.00 bits per heavy atom. The van der Waals surface area contributed by atoms with Crippen LogP contribution in [0.4, 0.5) is 5.69 Å². The summed E-state index contributed by atoms with van der Waals surface area (Å²) in [6.07, 6.45) is 3.11. The molecule has 1 unspecified atom stereocenters. The second-order valence-electron chi connectivity index (χ2n) is 3.74. The molecule has 1 heterocycles. The van der Waals surface area contributed by atoms with E-state index in [0.717, 1.165) is 11.4 Å². The third kappa shape index (κ3) is 1.31. The maximum Gasteiger partial charge on any atom is 0.178 e. The van der Waals surface area contributed by atoms with E-state index in [0.29, 0.717) is 11.5 Å². The van der Waals surface area contributed by atoms with Gasteiger partial charge >= 0.3 is 0 Å². The van der Waals surface area contributed by atoms with Gasteiger partial charge in [-0.2, -0.15) is 0 Å². The minimum absolute atomic E-state index is 0.116. The number of rotatable bonds is 0. The quantitative estimate of drug-likeness (QED) is 0.680. The molecule has 0 saturated heterocycles. The van der Waals surface area contributed by atoms with Crippen LogP contribution in [0.5, 0.6) is 5.75 Å². The van der Waals surface area contributed by atoms with Crippen molar-refractivity contribution in [3.8, 4) is 5.75 Å². The topological polar surface area (TPSA) is 64.3 Å². The zero-order valence-electron chi connectivity index (χ0n) is 8.44. The van der Waals surface area contributed by atoms with Crippen LogP contribution in [-0.2, 0) is 4.79 Å². The fourth-order valence-corrected chi connectivity index (χ4v) is 1.75. The predicted molar refractivity (Wildman–Crippen MR) is 59.8 cm³/mol. The van der Waals surface area contributed by atoms with E-state index in [-0.39, 0.29) is 5.78 Å². The first kappa shape index (κ1) is 9.18. The highest BCUT2D eigenvalue weighted by Crippen LogP contribution is 2.35.